The van der Waals surface area contributed by atoms with Gasteiger partial charge in [-0.25, -0.2) is 0 Å². The number of rotatable bonds is 3. The lowest BCUT2D eigenvalue weighted by atomic mass is 9.94. The summed E-state index contributed by atoms with van der Waals surface area (Å²) in [5.41, 5.74) is 0. The molecular formula is C13H27N3. The molecule has 3 heteroatoms. The minimum atomic E-state index is 0.747. The predicted molar refractivity (Wildman–Crippen MR) is 68.7 cm³/mol. The predicted octanol–water partition coefficient (Wildman–Crippen LogP) is 1.01. The van der Waals surface area contributed by atoms with Gasteiger partial charge >= 0.3 is 0 Å². The molecule has 2 heterocycles. The molecule has 0 bridgehead atoms. The van der Waals surface area contributed by atoms with E-state index in [0.717, 1.165) is 12.0 Å². The van der Waals surface area contributed by atoms with E-state index in [1.807, 2.05) is 0 Å². The Balaban J connectivity index is 1.69. The fraction of sp³-hybridized carbons (Fsp3) is 1.00. The molecule has 94 valence electrons. The zero-order valence-electron chi connectivity index (χ0n) is 10.9. The molecule has 0 aliphatic carbocycles. The third-order valence-electron chi connectivity index (χ3n) is 4.15. The van der Waals surface area contributed by atoms with E-state index in [-0.39, 0.29) is 0 Å². The van der Waals surface area contributed by atoms with Gasteiger partial charge in [-0.1, -0.05) is 13.8 Å². The molecule has 2 rings (SSSR count). The normalized spacial score (nSPS) is 34.1. The van der Waals surface area contributed by atoms with Crippen molar-refractivity contribution in [1.29, 1.82) is 0 Å². The van der Waals surface area contributed by atoms with Crippen molar-refractivity contribution >= 4 is 0 Å². The van der Waals surface area contributed by atoms with Crippen LogP contribution in [-0.2, 0) is 0 Å². The average molecular weight is 225 g/mol. The van der Waals surface area contributed by atoms with Gasteiger partial charge in [0.15, 0.2) is 0 Å². The number of hydrogen-bond acceptors (Lipinski definition) is 3. The summed E-state index contributed by atoms with van der Waals surface area (Å²) in [5, 5.41) is 3.67. The second-order valence-electron chi connectivity index (χ2n) is 5.52. The summed E-state index contributed by atoms with van der Waals surface area (Å²) in [7, 11) is 0. The summed E-state index contributed by atoms with van der Waals surface area (Å²) in [5.74, 6) is 0.920. The van der Waals surface area contributed by atoms with Crippen LogP contribution in [0.4, 0.5) is 0 Å². The lowest BCUT2D eigenvalue weighted by Crippen LogP contribution is -2.52. The van der Waals surface area contributed by atoms with Crippen LogP contribution in [0.5, 0.6) is 0 Å². The molecule has 0 aromatic rings. The van der Waals surface area contributed by atoms with E-state index < -0.39 is 0 Å². The van der Waals surface area contributed by atoms with Gasteiger partial charge in [0, 0.05) is 38.8 Å². The summed E-state index contributed by atoms with van der Waals surface area (Å²) >= 11 is 0. The van der Waals surface area contributed by atoms with E-state index in [4.69, 9.17) is 0 Å². The van der Waals surface area contributed by atoms with Gasteiger partial charge in [-0.05, 0) is 31.8 Å². The zero-order valence-corrected chi connectivity index (χ0v) is 10.9. The molecule has 3 nitrogen and oxygen atoms in total. The Kier molecular flexibility index (Phi) is 4.62. The molecule has 2 aliphatic heterocycles. The highest BCUT2D eigenvalue weighted by Gasteiger charge is 2.22. The largest absolute Gasteiger partial charge is 0.313 e. The van der Waals surface area contributed by atoms with Crippen molar-refractivity contribution in [2.45, 2.75) is 32.7 Å². The van der Waals surface area contributed by atoms with Crippen LogP contribution in [-0.4, -0.2) is 61.7 Å². The Morgan fingerprint density at radius 3 is 2.44 bits per heavy atom. The van der Waals surface area contributed by atoms with Crippen molar-refractivity contribution in [1.82, 2.24) is 15.1 Å². The monoisotopic (exact) mass is 225 g/mol. The molecule has 0 aromatic heterocycles. The Hall–Kier alpha value is -0.120. The first-order valence-corrected chi connectivity index (χ1v) is 6.96. The molecule has 0 amide bonds. The summed E-state index contributed by atoms with van der Waals surface area (Å²) in [4.78, 5) is 5.19. The van der Waals surface area contributed by atoms with Crippen LogP contribution >= 0.6 is 0 Å². The smallest absolute Gasteiger partial charge is 0.0197 e. The van der Waals surface area contributed by atoms with Crippen molar-refractivity contribution in [3.63, 3.8) is 0 Å². The fourth-order valence-corrected chi connectivity index (χ4v) is 2.96. The number of hydrogen-bond donors (Lipinski definition) is 1. The Morgan fingerprint density at radius 1 is 1.12 bits per heavy atom. The van der Waals surface area contributed by atoms with Crippen molar-refractivity contribution in [3.05, 3.63) is 0 Å². The van der Waals surface area contributed by atoms with Crippen LogP contribution in [0.25, 0.3) is 0 Å². The third kappa shape index (κ3) is 3.44. The van der Waals surface area contributed by atoms with Gasteiger partial charge in [0.1, 0.15) is 0 Å². The van der Waals surface area contributed by atoms with E-state index in [1.54, 1.807) is 0 Å². The molecule has 16 heavy (non-hydrogen) atoms. The van der Waals surface area contributed by atoms with Gasteiger partial charge < -0.3 is 10.2 Å². The minimum Gasteiger partial charge on any atom is -0.313 e. The Bertz CT molecular complexity index is 199. The minimum absolute atomic E-state index is 0.747. The molecular weight excluding hydrogens is 198 g/mol. The van der Waals surface area contributed by atoms with Crippen molar-refractivity contribution < 1.29 is 0 Å². The molecule has 2 saturated heterocycles. The summed E-state index contributed by atoms with van der Waals surface area (Å²) in [6, 6.07) is 0.747. The number of piperazine rings is 1. The van der Waals surface area contributed by atoms with Gasteiger partial charge in [-0.2, -0.15) is 0 Å². The van der Waals surface area contributed by atoms with E-state index in [1.165, 1.54) is 58.7 Å². The average Bonchev–Trinajstić information content (AvgIpc) is 2.30. The van der Waals surface area contributed by atoms with E-state index in [0.29, 0.717) is 0 Å². The van der Waals surface area contributed by atoms with Crippen LogP contribution in [0.15, 0.2) is 0 Å². The first-order valence-electron chi connectivity index (χ1n) is 6.96. The van der Waals surface area contributed by atoms with Crippen LogP contribution in [0.3, 0.4) is 0 Å². The van der Waals surface area contributed by atoms with Gasteiger partial charge in [0.05, 0.1) is 0 Å². The first-order chi connectivity index (χ1) is 7.78. The summed E-state index contributed by atoms with van der Waals surface area (Å²) in [6.07, 6.45) is 2.73. The fourth-order valence-electron chi connectivity index (χ4n) is 2.96. The number of likely N-dealkylation sites (N-methyl/N-ethyl adjacent to an activating group) is 1. The molecule has 0 aromatic carbocycles. The van der Waals surface area contributed by atoms with E-state index in [2.05, 4.69) is 29.0 Å². The Labute approximate surface area is 100 Å². The topological polar surface area (TPSA) is 18.5 Å². The van der Waals surface area contributed by atoms with Crippen molar-refractivity contribution in [2.24, 2.45) is 5.92 Å². The molecule has 2 unspecified atom stereocenters. The van der Waals surface area contributed by atoms with Crippen molar-refractivity contribution in [3.8, 4) is 0 Å². The van der Waals surface area contributed by atoms with Gasteiger partial charge in [-0.3, -0.25) is 4.90 Å². The van der Waals surface area contributed by atoms with Crippen molar-refractivity contribution in [2.75, 3.05) is 45.8 Å². The lowest BCUT2D eigenvalue weighted by Gasteiger charge is -2.38. The van der Waals surface area contributed by atoms with Gasteiger partial charge in [0.25, 0.3) is 0 Å². The number of piperidine rings is 1. The van der Waals surface area contributed by atoms with Crippen LogP contribution < -0.4 is 5.32 Å². The van der Waals surface area contributed by atoms with Crippen LogP contribution in [0.1, 0.15) is 26.7 Å². The maximum Gasteiger partial charge on any atom is 0.0197 e. The summed E-state index contributed by atoms with van der Waals surface area (Å²) in [6.45, 7) is 13.4. The molecule has 2 aliphatic rings. The zero-order chi connectivity index (χ0) is 11.4. The second kappa shape index (κ2) is 5.99. The second-order valence-corrected chi connectivity index (χ2v) is 5.52. The molecule has 0 radical (unpaired) electrons. The maximum absolute atomic E-state index is 3.67. The first kappa shape index (κ1) is 12.3. The van der Waals surface area contributed by atoms with Gasteiger partial charge in [-0.15, -0.1) is 0 Å². The highest BCUT2D eigenvalue weighted by atomic mass is 15.3. The van der Waals surface area contributed by atoms with E-state index >= 15 is 0 Å². The maximum atomic E-state index is 3.67. The molecule has 0 saturated carbocycles. The molecule has 2 atom stereocenters. The Morgan fingerprint density at radius 2 is 1.81 bits per heavy atom. The highest BCUT2D eigenvalue weighted by Crippen LogP contribution is 2.16. The SMILES string of the molecule is CCN1CCN(CC2CC(C)CCN2)CC1. The standard InChI is InChI=1S/C13H27N3/c1-3-15-6-8-16(9-7-15)11-13-10-12(2)4-5-14-13/h12-14H,3-11H2,1-2H3. The molecule has 0 spiro atoms. The van der Waals surface area contributed by atoms with Gasteiger partial charge in [0.2, 0.25) is 0 Å². The van der Waals surface area contributed by atoms with E-state index in [9.17, 15) is 0 Å². The quantitative estimate of drug-likeness (QED) is 0.773. The molecule has 2 fully saturated rings. The molecule has 1 N–H and O–H groups in total. The van der Waals surface area contributed by atoms with Crippen LogP contribution in [0, 0.1) is 5.92 Å². The van der Waals surface area contributed by atoms with Crippen LogP contribution in [0.2, 0.25) is 0 Å². The third-order valence-corrected chi connectivity index (χ3v) is 4.15. The lowest BCUT2D eigenvalue weighted by molar-refractivity contribution is 0.118. The summed E-state index contributed by atoms with van der Waals surface area (Å²) < 4.78 is 0. The highest BCUT2D eigenvalue weighted by molar-refractivity contribution is 4.81. The number of nitrogens with zero attached hydrogens (tertiary/aromatic N) is 2. The number of nitrogens with one attached hydrogen (secondary N) is 1.